The Morgan fingerprint density at radius 3 is 0.981 bits per heavy atom. The van der Waals surface area contributed by atoms with E-state index in [4.69, 9.17) is 8.83 Å². The van der Waals surface area contributed by atoms with Crippen molar-refractivity contribution in [1.82, 2.24) is 0 Å². The zero-order chi connectivity index (χ0) is 68.2. The van der Waals surface area contributed by atoms with Gasteiger partial charge in [0, 0.05) is 26.0 Å². The van der Waals surface area contributed by atoms with Gasteiger partial charge in [-0.2, -0.15) is 0 Å². The van der Waals surface area contributed by atoms with Crippen molar-refractivity contribution in [1.29, 1.82) is 0 Å². The van der Waals surface area contributed by atoms with Crippen LogP contribution in [0.5, 0.6) is 0 Å². The zero-order valence-corrected chi connectivity index (χ0v) is 56.9. The van der Waals surface area contributed by atoms with Gasteiger partial charge in [0.2, 0.25) is 0 Å². The van der Waals surface area contributed by atoms with Crippen LogP contribution in [0.15, 0.2) is 377 Å². The van der Waals surface area contributed by atoms with E-state index in [2.05, 4.69) is 283 Å². The first-order valence-electron chi connectivity index (χ1n) is 34.5. The van der Waals surface area contributed by atoms with Gasteiger partial charge in [-0.1, -0.05) is 342 Å². The zero-order valence-electron chi connectivity index (χ0n) is 55.3. The molecular weight excluding hydrogens is 1330 g/mol. The highest BCUT2D eigenvalue weighted by Gasteiger charge is 2.25. The molecule has 0 saturated heterocycles. The van der Waals surface area contributed by atoms with E-state index >= 15 is 0 Å². The molecule has 104 heavy (non-hydrogen) atoms. The summed E-state index contributed by atoms with van der Waals surface area (Å²) in [6.45, 7) is 0. The van der Waals surface area contributed by atoms with Crippen LogP contribution in [-0.2, 0) is 0 Å². The highest BCUT2D eigenvalue weighted by atomic mass is 79.9. The van der Waals surface area contributed by atoms with E-state index in [1.54, 1.807) is 0 Å². The Morgan fingerprint density at radius 1 is 0.212 bits per heavy atom. The number of hydrogen-bond donors (Lipinski definition) is 2. The van der Waals surface area contributed by atoms with E-state index < -0.39 is 7.12 Å². The fraction of sp³-hybridized carbons (Fsp3) is 0.0204. The predicted molar refractivity (Wildman–Crippen MR) is 448 cm³/mol. The molecular formula is C98H70BBrO4. The molecule has 2 heterocycles. The molecule has 0 unspecified atom stereocenters. The smallest absolute Gasteiger partial charge is 0.456 e. The van der Waals surface area contributed by atoms with Crippen molar-refractivity contribution in [3.63, 3.8) is 0 Å². The molecule has 2 aromatic heterocycles. The van der Waals surface area contributed by atoms with Gasteiger partial charge in [0.15, 0.2) is 0 Å². The van der Waals surface area contributed by atoms with Crippen LogP contribution in [0.3, 0.4) is 0 Å². The lowest BCUT2D eigenvalue weighted by Crippen LogP contribution is -2.32. The first kappa shape index (κ1) is 66.2. The van der Waals surface area contributed by atoms with Crippen molar-refractivity contribution in [3.05, 3.63) is 368 Å². The highest BCUT2D eigenvalue weighted by molar-refractivity contribution is 9.10. The Morgan fingerprint density at radius 2 is 0.529 bits per heavy atom. The van der Waals surface area contributed by atoms with Gasteiger partial charge >= 0.3 is 7.12 Å². The van der Waals surface area contributed by atoms with E-state index in [1.807, 2.05) is 97.1 Å². The molecule has 0 saturated carbocycles. The number of fused-ring (bicyclic) bond motifs is 12. The Kier molecular flexibility index (Phi) is 17.9. The summed E-state index contributed by atoms with van der Waals surface area (Å²) in [5, 5.41) is 38.9. The first-order chi connectivity index (χ1) is 50.4. The van der Waals surface area contributed by atoms with Crippen molar-refractivity contribution >= 4 is 137 Å². The van der Waals surface area contributed by atoms with Crippen LogP contribution in [0.2, 0.25) is 0 Å². The number of benzene rings is 18. The Labute approximate surface area is 612 Å². The predicted octanol–water partition coefficient (Wildman–Crippen LogP) is 27.2. The molecule has 0 radical (unpaired) electrons. The average Bonchev–Trinajstić information content (AvgIpc) is 1.08. The fourth-order valence-electron chi connectivity index (χ4n) is 15.6. The highest BCUT2D eigenvalue weighted by Crippen LogP contribution is 2.51. The molecule has 496 valence electrons. The molecule has 0 atom stereocenters. The lowest BCUT2D eigenvalue weighted by molar-refractivity contribution is 0.426. The van der Waals surface area contributed by atoms with Crippen LogP contribution < -0.4 is 5.46 Å². The average molecular weight is 1400 g/mol. The van der Waals surface area contributed by atoms with E-state index in [9.17, 15) is 10.0 Å². The first-order valence-corrected chi connectivity index (χ1v) is 35.2. The maximum absolute atomic E-state index is 10.1. The Balaban J connectivity index is 0.000000129. The molecule has 4 nitrogen and oxygen atoms in total. The normalized spacial score (nSPS) is 11.3. The largest absolute Gasteiger partial charge is 0.489 e. The molecule has 0 fully saturated rings. The van der Waals surface area contributed by atoms with Crippen LogP contribution in [0.25, 0.3) is 186 Å². The van der Waals surface area contributed by atoms with Gasteiger partial charge in [-0.05, 0) is 200 Å². The van der Waals surface area contributed by atoms with Crippen LogP contribution in [-0.4, -0.2) is 17.2 Å². The third kappa shape index (κ3) is 11.7. The van der Waals surface area contributed by atoms with Crippen molar-refractivity contribution in [3.8, 4) is 77.9 Å². The molecule has 0 aliphatic carbocycles. The summed E-state index contributed by atoms with van der Waals surface area (Å²) in [7, 11) is -1.54. The summed E-state index contributed by atoms with van der Waals surface area (Å²) in [6, 6.07) is 128. The Bertz CT molecular complexity index is 6520. The minimum atomic E-state index is -1.54. The lowest BCUT2D eigenvalue weighted by Gasteiger charge is -2.22. The molecule has 2 N–H and O–H groups in total. The molecule has 6 heteroatoms. The molecule has 0 amide bonds. The molecule has 0 bridgehead atoms. The summed E-state index contributed by atoms with van der Waals surface area (Å²) in [5.41, 5.74) is 20.4. The summed E-state index contributed by atoms with van der Waals surface area (Å²) in [4.78, 5) is 0. The second kappa shape index (κ2) is 28.2. The van der Waals surface area contributed by atoms with Crippen LogP contribution in [0.4, 0.5) is 0 Å². The van der Waals surface area contributed by atoms with Crippen molar-refractivity contribution < 1.29 is 18.9 Å². The second-order valence-electron chi connectivity index (χ2n) is 25.9. The fourth-order valence-corrected chi connectivity index (χ4v) is 16.3. The van der Waals surface area contributed by atoms with Crippen molar-refractivity contribution in [2.24, 2.45) is 0 Å². The van der Waals surface area contributed by atoms with Crippen LogP contribution in [0, 0.1) is 0 Å². The molecule has 20 aromatic rings. The summed E-state index contributed by atoms with van der Waals surface area (Å²) >= 11 is 3.83. The van der Waals surface area contributed by atoms with Crippen LogP contribution in [0.1, 0.15) is 14.9 Å². The van der Waals surface area contributed by atoms with Gasteiger partial charge in [0.25, 0.3) is 0 Å². The number of rotatable bonds is 8. The maximum atomic E-state index is 10.1. The maximum Gasteiger partial charge on any atom is 0.489 e. The molecule has 0 aliphatic heterocycles. The van der Waals surface area contributed by atoms with Crippen LogP contribution >= 0.6 is 15.9 Å². The minimum absolute atomic E-state index is 0. The third-order valence-electron chi connectivity index (χ3n) is 20.1. The SMILES string of the molecule is Brc1c2ccccc2c(-c2ccc3c(c2)oc2ccccc23)c2ccccc12.C.C.OB(O)c1c(-c2ccccc2-c2ccccc2)ccc2ccccc12.c1ccc(-c2ccccc2-c2ccc3ccccc3c2-c2c3ccccc3c(-c3ccc4c(c3)oc3ccccc34)c3ccccc23)cc1. The van der Waals surface area contributed by atoms with Gasteiger partial charge in [-0.3, -0.25) is 0 Å². The number of halogens is 1. The minimum Gasteiger partial charge on any atom is -0.456 e. The molecule has 0 spiro atoms. The quantitative estimate of drug-likeness (QED) is 0.118. The van der Waals surface area contributed by atoms with Crippen molar-refractivity contribution in [2.45, 2.75) is 14.9 Å². The lowest BCUT2D eigenvalue weighted by atomic mass is 9.72. The van der Waals surface area contributed by atoms with Gasteiger partial charge in [0.05, 0.1) is 0 Å². The number of hydrogen-bond acceptors (Lipinski definition) is 4. The number of para-hydroxylation sites is 2. The molecule has 18 aromatic carbocycles. The monoisotopic (exact) mass is 1400 g/mol. The second-order valence-corrected chi connectivity index (χ2v) is 26.7. The molecule has 20 rings (SSSR count). The van der Waals surface area contributed by atoms with E-state index in [-0.39, 0.29) is 14.9 Å². The summed E-state index contributed by atoms with van der Waals surface area (Å²) in [5.74, 6) is 0. The van der Waals surface area contributed by atoms with Crippen molar-refractivity contribution in [2.75, 3.05) is 0 Å². The van der Waals surface area contributed by atoms with Gasteiger partial charge in [-0.25, -0.2) is 0 Å². The third-order valence-corrected chi connectivity index (χ3v) is 21.0. The van der Waals surface area contributed by atoms with Gasteiger partial charge in [0.1, 0.15) is 22.3 Å². The van der Waals surface area contributed by atoms with Gasteiger partial charge < -0.3 is 18.9 Å². The topological polar surface area (TPSA) is 66.7 Å². The number of furan rings is 2. The summed E-state index contributed by atoms with van der Waals surface area (Å²) < 4.78 is 13.7. The standard InChI is InChI=1S/C48H30O.C26H15BrO.C22H17BO2.2CH4/c1-2-14-31(15-3-1)34-17-6-7-19-36(34)43-29-26-32-16-4-5-18-35(32)47(43)48-41-23-10-8-21-39(41)46(40-22-9-11-24-42(40)48)33-27-28-38-37-20-12-13-25-44(37)49-45(38)30-33;27-26-21-10-3-1-8-19(21)25(20-9-2-4-11-22(20)26)16-13-14-18-17-7-5-6-12-23(17)28-24(18)15-16;24-23(25)22-19-12-5-4-10-17(19)14-15-21(22)20-13-7-6-11-18(20)16-8-2-1-3-9-16;;/h1-30H;1-15H;1-15,24-25H;2*1H4. The summed E-state index contributed by atoms with van der Waals surface area (Å²) in [6.07, 6.45) is 0. The van der Waals surface area contributed by atoms with E-state index in [0.717, 1.165) is 86.9 Å². The van der Waals surface area contributed by atoms with E-state index in [1.165, 1.54) is 104 Å². The Hall–Kier alpha value is -12.4. The molecule has 0 aliphatic rings. The van der Waals surface area contributed by atoms with Gasteiger partial charge in [-0.15, -0.1) is 0 Å². The van der Waals surface area contributed by atoms with E-state index in [0.29, 0.717) is 5.46 Å².